The Morgan fingerprint density at radius 1 is 0.676 bits per heavy atom. The monoisotopic (exact) mass is 457 g/mol. The predicted molar refractivity (Wildman–Crippen MR) is 129 cm³/mol. The third kappa shape index (κ3) is 6.87. The van der Waals surface area contributed by atoms with E-state index in [1.807, 2.05) is 36.4 Å². The Kier molecular flexibility index (Phi) is 8.29. The lowest BCUT2D eigenvalue weighted by Crippen LogP contribution is -2.54. The van der Waals surface area contributed by atoms with Gasteiger partial charge in [-0.25, -0.2) is 0 Å². The Morgan fingerprint density at radius 3 is 1.74 bits per heavy atom. The summed E-state index contributed by atoms with van der Waals surface area (Å²) in [6.45, 7) is 1.33. The van der Waals surface area contributed by atoms with Crippen LogP contribution >= 0.6 is 0 Å². The zero-order valence-corrected chi connectivity index (χ0v) is 18.9. The van der Waals surface area contributed by atoms with Gasteiger partial charge < -0.3 is 16.4 Å². The van der Waals surface area contributed by atoms with Crippen LogP contribution in [0.3, 0.4) is 0 Å². The van der Waals surface area contributed by atoms with E-state index in [1.165, 1.54) is 6.92 Å². The Hall–Kier alpha value is -4.26. The summed E-state index contributed by atoms with van der Waals surface area (Å²) in [5.41, 5.74) is 8.24. The van der Waals surface area contributed by atoms with Crippen molar-refractivity contribution in [3.8, 4) is 0 Å². The van der Waals surface area contributed by atoms with Gasteiger partial charge in [-0.2, -0.15) is 0 Å². The second-order valence-corrected chi connectivity index (χ2v) is 8.00. The first kappa shape index (κ1) is 24.4. The van der Waals surface area contributed by atoms with Gasteiger partial charge in [-0.15, -0.1) is 0 Å². The standard InChI is InChI=1S/C27H27N3O4/c1-18(31)29-24(17-19-8-4-2-5-9-19)27(34)30-23(26(28)33)16-20-12-14-22(15-13-20)25(32)21-10-6-3-7-11-21/h2-15,23-24H,16-17H2,1H3,(H2,28,33)(H,29,31)(H,30,34)/t23-,24+/m0/s1. The van der Waals surface area contributed by atoms with Crippen LogP contribution in [0.5, 0.6) is 0 Å². The lowest BCUT2D eigenvalue weighted by Gasteiger charge is -2.22. The minimum Gasteiger partial charge on any atom is -0.368 e. The highest BCUT2D eigenvalue weighted by atomic mass is 16.2. The largest absolute Gasteiger partial charge is 0.368 e. The van der Waals surface area contributed by atoms with Gasteiger partial charge in [-0.05, 0) is 11.1 Å². The lowest BCUT2D eigenvalue weighted by molar-refractivity contribution is -0.130. The molecular weight excluding hydrogens is 430 g/mol. The molecule has 0 radical (unpaired) electrons. The maximum absolute atomic E-state index is 12.9. The third-order valence-electron chi connectivity index (χ3n) is 5.33. The summed E-state index contributed by atoms with van der Waals surface area (Å²) < 4.78 is 0. The van der Waals surface area contributed by atoms with E-state index in [2.05, 4.69) is 10.6 Å². The van der Waals surface area contributed by atoms with Gasteiger partial charge in [0.25, 0.3) is 0 Å². The van der Waals surface area contributed by atoms with Crippen molar-refractivity contribution in [2.75, 3.05) is 0 Å². The van der Waals surface area contributed by atoms with E-state index in [0.717, 1.165) is 11.1 Å². The molecule has 0 aliphatic carbocycles. The molecule has 0 heterocycles. The van der Waals surface area contributed by atoms with Gasteiger partial charge in [-0.3, -0.25) is 19.2 Å². The van der Waals surface area contributed by atoms with Crippen LogP contribution in [0.4, 0.5) is 0 Å². The zero-order chi connectivity index (χ0) is 24.5. The van der Waals surface area contributed by atoms with Gasteiger partial charge >= 0.3 is 0 Å². The normalized spacial score (nSPS) is 12.3. The molecular formula is C27H27N3O4. The van der Waals surface area contributed by atoms with Crippen molar-refractivity contribution in [1.29, 1.82) is 0 Å². The number of amides is 3. The molecule has 34 heavy (non-hydrogen) atoms. The fourth-order valence-corrected chi connectivity index (χ4v) is 3.58. The van der Waals surface area contributed by atoms with E-state index >= 15 is 0 Å². The van der Waals surface area contributed by atoms with Gasteiger partial charge in [0, 0.05) is 30.9 Å². The molecule has 0 unspecified atom stereocenters. The van der Waals surface area contributed by atoms with Crippen molar-refractivity contribution in [1.82, 2.24) is 10.6 Å². The molecule has 7 nitrogen and oxygen atoms in total. The summed E-state index contributed by atoms with van der Waals surface area (Å²) in [7, 11) is 0. The Morgan fingerprint density at radius 2 is 1.18 bits per heavy atom. The Labute approximate surface area is 198 Å². The molecule has 2 atom stereocenters. The minimum atomic E-state index is -0.977. The van der Waals surface area contributed by atoms with E-state index in [4.69, 9.17) is 5.73 Å². The zero-order valence-electron chi connectivity index (χ0n) is 18.9. The van der Waals surface area contributed by atoms with Gasteiger partial charge in [0.2, 0.25) is 17.7 Å². The van der Waals surface area contributed by atoms with E-state index < -0.39 is 23.9 Å². The van der Waals surface area contributed by atoms with Crippen LogP contribution < -0.4 is 16.4 Å². The molecule has 0 aliphatic rings. The molecule has 3 aromatic rings. The highest BCUT2D eigenvalue weighted by molar-refractivity contribution is 6.08. The van der Waals surface area contributed by atoms with Crippen molar-refractivity contribution >= 4 is 23.5 Å². The first-order chi connectivity index (χ1) is 16.3. The SMILES string of the molecule is CC(=O)N[C@H](Cc1ccccc1)C(=O)N[C@@H](Cc1ccc(C(=O)c2ccccc2)cc1)C(N)=O. The number of ketones is 1. The number of primary amides is 1. The van der Waals surface area contributed by atoms with Crippen molar-refractivity contribution in [3.05, 3.63) is 107 Å². The quantitative estimate of drug-likeness (QED) is 0.404. The smallest absolute Gasteiger partial charge is 0.243 e. The minimum absolute atomic E-state index is 0.106. The summed E-state index contributed by atoms with van der Waals surface area (Å²) >= 11 is 0. The van der Waals surface area contributed by atoms with Crippen molar-refractivity contribution < 1.29 is 19.2 Å². The predicted octanol–water partition coefficient (Wildman–Crippen LogP) is 2.18. The van der Waals surface area contributed by atoms with E-state index in [-0.39, 0.29) is 24.5 Å². The molecule has 0 spiro atoms. The second kappa shape index (κ2) is 11.6. The van der Waals surface area contributed by atoms with E-state index in [1.54, 1.807) is 48.5 Å². The lowest BCUT2D eigenvalue weighted by atomic mass is 9.99. The summed E-state index contributed by atoms with van der Waals surface area (Å²) in [6, 6.07) is 23.2. The van der Waals surface area contributed by atoms with Gasteiger partial charge in [0.15, 0.2) is 5.78 Å². The fraction of sp³-hybridized carbons (Fsp3) is 0.185. The second-order valence-electron chi connectivity index (χ2n) is 8.00. The van der Waals surface area contributed by atoms with Crippen LogP contribution in [0.25, 0.3) is 0 Å². The molecule has 7 heteroatoms. The molecule has 0 saturated carbocycles. The van der Waals surface area contributed by atoms with Gasteiger partial charge in [0.1, 0.15) is 12.1 Å². The number of nitrogens with two attached hydrogens (primary N) is 1. The first-order valence-corrected chi connectivity index (χ1v) is 10.9. The number of carbonyl (C=O) groups excluding carboxylic acids is 4. The molecule has 0 aromatic heterocycles. The number of carbonyl (C=O) groups is 4. The number of hydrogen-bond donors (Lipinski definition) is 3. The van der Waals surface area contributed by atoms with Crippen LogP contribution in [-0.2, 0) is 27.2 Å². The molecule has 4 N–H and O–H groups in total. The molecule has 3 amide bonds. The average Bonchev–Trinajstić information content (AvgIpc) is 2.84. The van der Waals surface area contributed by atoms with Gasteiger partial charge in [-0.1, -0.05) is 84.9 Å². The Bertz CT molecular complexity index is 1150. The van der Waals surface area contributed by atoms with Gasteiger partial charge in [0.05, 0.1) is 0 Å². The molecule has 174 valence electrons. The summed E-state index contributed by atoms with van der Waals surface area (Å²) in [6.07, 6.45) is 0.424. The molecule has 0 fully saturated rings. The van der Waals surface area contributed by atoms with Crippen LogP contribution in [-0.4, -0.2) is 35.6 Å². The molecule has 3 rings (SSSR count). The number of hydrogen-bond acceptors (Lipinski definition) is 4. The van der Waals surface area contributed by atoms with Crippen LogP contribution in [0.15, 0.2) is 84.9 Å². The maximum Gasteiger partial charge on any atom is 0.243 e. The Balaban J connectivity index is 1.69. The number of benzene rings is 3. The molecule has 0 aliphatic heterocycles. The summed E-state index contributed by atoms with van der Waals surface area (Å²) in [5.74, 6) is -1.66. The third-order valence-corrected chi connectivity index (χ3v) is 5.33. The molecule has 3 aromatic carbocycles. The van der Waals surface area contributed by atoms with Crippen LogP contribution in [0, 0.1) is 0 Å². The summed E-state index contributed by atoms with van der Waals surface area (Å²) in [5, 5.41) is 5.29. The highest BCUT2D eigenvalue weighted by Gasteiger charge is 2.25. The summed E-state index contributed by atoms with van der Waals surface area (Å²) in [4.78, 5) is 49.2. The number of nitrogens with one attached hydrogen (secondary N) is 2. The van der Waals surface area contributed by atoms with Crippen molar-refractivity contribution in [2.24, 2.45) is 5.73 Å². The first-order valence-electron chi connectivity index (χ1n) is 10.9. The highest BCUT2D eigenvalue weighted by Crippen LogP contribution is 2.13. The number of rotatable bonds is 10. The molecule has 0 saturated heterocycles. The van der Waals surface area contributed by atoms with Crippen LogP contribution in [0.1, 0.15) is 34.0 Å². The van der Waals surface area contributed by atoms with Crippen molar-refractivity contribution in [2.45, 2.75) is 31.8 Å². The topological polar surface area (TPSA) is 118 Å². The fourth-order valence-electron chi connectivity index (χ4n) is 3.58. The van der Waals surface area contributed by atoms with Crippen LogP contribution in [0.2, 0.25) is 0 Å². The molecule has 0 bridgehead atoms. The average molecular weight is 458 g/mol. The van der Waals surface area contributed by atoms with E-state index in [0.29, 0.717) is 11.1 Å². The van der Waals surface area contributed by atoms with E-state index in [9.17, 15) is 19.2 Å². The van der Waals surface area contributed by atoms with Crippen molar-refractivity contribution in [3.63, 3.8) is 0 Å². The maximum atomic E-state index is 12.9.